The maximum absolute atomic E-state index is 12.9. The monoisotopic (exact) mass is 318 g/mol. The molecule has 2 aliphatic heterocycles. The highest BCUT2D eigenvalue weighted by atomic mass is 16.2. The molecule has 0 saturated carbocycles. The molecule has 1 aromatic heterocycles. The molecule has 2 amide bonds. The van der Waals surface area contributed by atoms with Gasteiger partial charge in [0, 0.05) is 32.3 Å². The zero-order valence-electron chi connectivity index (χ0n) is 14.3. The van der Waals surface area contributed by atoms with Crippen LogP contribution in [0.3, 0.4) is 0 Å². The number of piperidine rings is 1. The Hall–Kier alpha value is -1.85. The van der Waals surface area contributed by atoms with E-state index in [0.717, 1.165) is 43.7 Å². The Morgan fingerprint density at radius 2 is 2.13 bits per heavy atom. The van der Waals surface area contributed by atoms with E-state index in [1.54, 1.807) is 11.9 Å². The van der Waals surface area contributed by atoms with Gasteiger partial charge in [0.1, 0.15) is 0 Å². The van der Waals surface area contributed by atoms with Crippen molar-refractivity contribution in [1.29, 1.82) is 0 Å². The highest BCUT2D eigenvalue weighted by Crippen LogP contribution is 2.25. The van der Waals surface area contributed by atoms with Crippen LogP contribution in [0.15, 0.2) is 6.07 Å². The lowest BCUT2D eigenvalue weighted by Gasteiger charge is -2.37. The van der Waals surface area contributed by atoms with Gasteiger partial charge in [-0.1, -0.05) is 0 Å². The van der Waals surface area contributed by atoms with E-state index in [2.05, 4.69) is 18.1 Å². The van der Waals surface area contributed by atoms with E-state index in [1.165, 1.54) is 0 Å². The van der Waals surface area contributed by atoms with Crippen molar-refractivity contribution in [3.8, 4) is 0 Å². The maximum atomic E-state index is 12.9. The second-order valence-corrected chi connectivity index (χ2v) is 6.97. The van der Waals surface area contributed by atoms with Gasteiger partial charge in [-0.15, -0.1) is 0 Å². The summed E-state index contributed by atoms with van der Waals surface area (Å²) in [5.41, 5.74) is 2.15. The molecule has 1 aromatic rings. The fourth-order valence-corrected chi connectivity index (χ4v) is 3.80. The van der Waals surface area contributed by atoms with Crippen LogP contribution >= 0.6 is 0 Å². The molecular weight excluding hydrogens is 292 g/mol. The number of hydrogen-bond donors (Lipinski definition) is 0. The summed E-state index contributed by atoms with van der Waals surface area (Å²) < 4.78 is 2.01. The largest absolute Gasteiger partial charge is 0.345 e. The van der Waals surface area contributed by atoms with Crippen LogP contribution < -0.4 is 0 Å². The van der Waals surface area contributed by atoms with Crippen LogP contribution in [0.4, 0.5) is 0 Å². The summed E-state index contributed by atoms with van der Waals surface area (Å²) in [6.45, 7) is 6.16. The first-order valence-corrected chi connectivity index (χ1v) is 8.51. The van der Waals surface area contributed by atoms with E-state index in [1.807, 2.05) is 16.5 Å². The van der Waals surface area contributed by atoms with Gasteiger partial charge in [-0.2, -0.15) is 5.10 Å². The van der Waals surface area contributed by atoms with Crippen molar-refractivity contribution >= 4 is 11.8 Å². The molecule has 2 aliphatic rings. The molecule has 2 saturated heterocycles. The zero-order valence-corrected chi connectivity index (χ0v) is 14.3. The van der Waals surface area contributed by atoms with Crippen LogP contribution in [-0.4, -0.2) is 57.6 Å². The Morgan fingerprint density at radius 1 is 1.35 bits per heavy atom. The number of amides is 2. The van der Waals surface area contributed by atoms with E-state index < -0.39 is 0 Å². The van der Waals surface area contributed by atoms with Crippen molar-refractivity contribution in [2.24, 2.45) is 5.92 Å². The minimum atomic E-state index is -0.173. The third kappa shape index (κ3) is 3.26. The number of carbonyl (C=O) groups is 2. The van der Waals surface area contributed by atoms with Crippen LogP contribution in [-0.2, 0) is 16.1 Å². The Balaban J connectivity index is 1.72. The fourth-order valence-electron chi connectivity index (χ4n) is 3.80. The molecule has 3 heterocycles. The van der Waals surface area contributed by atoms with E-state index in [4.69, 9.17) is 0 Å². The SMILES string of the molecule is Cc1cc(C)n(C[C@@H]2CCCCN2C(=O)[C@@H]2CC(=O)N(C)C2)n1. The van der Waals surface area contributed by atoms with Crippen LogP contribution in [0.25, 0.3) is 0 Å². The first-order chi connectivity index (χ1) is 11.0. The van der Waals surface area contributed by atoms with Crippen molar-refractivity contribution in [1.82, 2.24) is 19.6 Å². The van der Waals surface area contributed by atoms with Gasteiger partial charge in [0.25, 0.3) is 0 Å². The average Bonchev–Trinajstić information content (AvgIpc) is 3.01. The highest BCUT2D eigenvalue weighted by molar-refractivity contribution is 5.89. The van der Waals surface area contributed by atoms with Crippen molar-refractivity contribution in [3.63, 3.8) is 0 Å². The summed E-state index contributed by atoms with van der Waals surface area (Å²) in [6, 6.07) is 2.26. The van der Waals surface area contributed by atoms with Crippen LogP contribution in [0.1, 0.15) is 37.1 Å². The molecule has 0 bridgehead atoms. The van der Waals surface area contributed by atoms with Crippen LogP contribution in [0, 0.1) is 19.8 Å². The summed E-state index contributed by atoms with van der Waals surface area (Å²) in [4.78, 5) is 28.3. The highest BCUT2D eigenvalue weighted by Gasteiger charge is 2.37. The molecule has 0 unspecified atom stereocenters. The lowest BCUT2D eigenvalue weighted by Crippen LogP contribution is -2.48. The smallest absolute Gasteiger partial charge is 0.228 e. The van der Waals surface area contributed by atoms with Gasteiger partial charge in [-0.25, -0.2) is 0 Å². The van der Waals surface area contributed by atoms with Gasteiger partial charge >= 0.3 is 0 Å². The topological polar surface area (TPSA) is 58.4 Å². The molecule has 0 aliphatic carbocycles. The van der Waals surface area contributed by atoms with Crippen molar-refractivity contribution in [2.45, 2.75) is 52.1 Å². The maximum Gasteiger partial charge on any atom is 0.228 e. The standard InChI is InChI=1S/C17H26N4O2/c1-12-8-13(2)21(18-12)11-15-6-4-5-7-20(15)17(23)14-9-16(22)19(3)10-14/h8,14-15H,4-7,9-11H2,1-3H3/t14-,15+/m1/s1. The number of carbonyl (C=O) groups excluding carboxylic acids is 2. The molecule has 0 aromatic carbocycles. The second-order valence-electron chi connectivity index (χ2n) is 6.97. The number of hydrogen-bond acceptors (Lipinski definition) is 3. The van der Waals surface area contributed by atoms with Crippen molar-refractivity contribution in [3.05, 3.63) is 17.5 Å². The summed E-state index contributed by atoms with van der Waals surface area (Å²) >= 11 is 0. The van der Waals surface area contributed by atoms with E-state index in [-0.39, 0.29) is 23.8 Å². The third-order valence-electron chi connectivity index (χ3n) is 5.09. The number of aryl methyl sites for hydroxylation is 2. The molecule has 0 radical (unpaired) electrons. The predicted octanol–water partition coefficient (Wildman–Crippen LogP) is 1.36. The number of aromatic nitrogens is 2. The molecule has 126 valence electrons. The first-order valence-electron chi connectivity index (χ1n) is 8.51. The molecule has 23 heavy (non-hydrogen) atoms. The second kappa shape index (κ2) is 6.34. The Kier molecular flexibility index (Phi) is 4.41. The molecule has 3 rings (SSSR count). The Bertz CT molecular complexity index is 610. The molecule has 0 N–H and O–H groups in total. The Labute approximate surface area is 137 Å². The molecule has 2 atom stereocenters. The van der Waals surface area contributed by atoms with Gasteiger partial charge in [0.15, 0.2) is 0 Å². The van der Waals surface area contributed by atoms with E-state index >= 15 is 0 Å². The third-order valence-corrected chi connectivity index (χ3v) is 5.09. The molecule has 6 heteroatoms. The average molecular weight is 318 g/mol. The quantitative estimate of drug-likeness (QED) is 0.845. The van der Waals surface area contributed by atoms with Gasteiger partial charge in [0.2, 0.25) is 11.8 Å². The fraction of sp³-hybridized carbons (Fsp3) is 0.706. The van der Waals surface area contributed by atoms with Gasteiger partial charge < -0.3 is 9.80 Å². The molecular formula is C17H26N4O2. The Morgan fingerprint density at radius 3 is 2.74 bits per heavy atom. The molecule has 6 nitrogen and oxygen atoms in total. The number of likely N-dealkylation sites (tertiary alicyclic amines) is 2. The van der Waals surface area contributed by atoms with Gasteiger partial charge in [0.05, 0.1) is 24.2 Å². The lowest BCUT2D eigenvalue weighted by atomic mass is 9.98. The molecule has 0 spiro atoms. The first kappa shape index (κ1) is 16.0. The van der Waals surface area contributed by atoms with Crippen molar-refractivity contribution in [2.75, 3.05) is 20.1 Å². The minimum Gasteiger partial charge on any atom is -0.345 e. The van der Waals surface area contributed by atoms with Crippen molar-refractivity contribution < 1.29 is 9.59 Å². The summed E-state index contributed by atoms with van der Waals surface area (Å²) in [5, 5.41) is 4.54. The minimum absolute atomic E-state index is 0.0791. The van der Waals surface area contributed by atoms with Crippen LogP contribution in [0.2, 0.25) is 0 Å². The summed E-state index contributed by atoms with van der Waals surface area (Å²) in [6.07, 6.45) is 3.58. The summed E-state index contributed by atoms with van der Waals surface area (Å²) in [5.74, 6) is 0.0536. The molecule has 2 fully saturated rings. The zero-order chi connectivity index (χ0) is 16.6. The van der Waals surface area contributed by atoms with Gasteiger partial charge in [-0.05, 0) is 39.2 Å². The normalized spacial score (nSPS) is 25.3. The summed E-state index contributed by atoms with van der Waals surface area (Å²) in [7, 11) is 1.78. The van der Waals surface area contributed by atoms with E-state index in [9.17, 15) is 9.59 Å². The number of nitrogens with zero attached hydrogens (tertiary/aromatic N) is 4. The lowest BCUT2D eigenvalue weighted by molar-refractivity contribution is -0.139. The van der Waals surface area contributed by atoms with E-state index in [0.29, 0.717) is 13.0 Å². The number of rotatable bonds is 3. The van der Waals surface area contributed by atoms with Gasteiger partial charge in [-0.3, -0.25) is 14.3 Å². The predicted molar refractivity (Wildman–Crippen MR) is 86.8 cm³/mol. The van der Waals surface area contributed by atoms with Crippen LogP contribution in [0.5, 0.6) is 0 Å².